The first-order valence-electron chi connectivity index (χ1n) is 6.04. The van der Waals surface area contributed by atoms with Crippen molar-refractivity contribution in [3.8, 4) is 16.3 Å². The Labute approximate surface area is 111 Å². The summed E-state index contributed by atoms with van der Waals surface area (Å²) in [5, 5.41) is 13.2. The lowest BCUT2D eigenvalue weighted by Gasteiger charge is -2.12. The van der Waals surface area contributed by atoms with E-state index in [0.717, 1.165) is 28.0 Å². The van der Waals surface area contributed by atoms with Gasteiger partial charge in [0.05, 0.1) is 11.7 Å². The van der Waals surface area contributed by atoms with E-state index in [9.17, 15) is 0 Å². The summed E-state index contributed by atoms with van der Waals surface area (Å²) in [6.45, 7) is 6.91. The fourth-order valence-corrected chi connectivity index (χ4v) is 2.40. The predicted molar refractivity (Wildman–Crippen MR) is 75.3 cm³/mol. The molecule has 1 aromatic carbocycles. The third kappa shape index (κ3) is 2.98. The van der Waals surface area contributed by atoms with Crippen molar-refractivity contribution in [2.75, 3.05) is 11.9 Å². The Kier molecular flexibility index (Phi) is 4.15. The Morgan fingerprint density at radius 3 is 2.78 bits per heavy atom. The second-order valence-electron chi connectivity index (χ2n) is 4.11. The van der Waals surface area contributed by atoms with Crippen molar-refractivity contribution in [2.24, 2.45) is 0 Å². The van der Waals surface area contributed by atoms with E-state index in [1.807, 2.05) is 45.0 Å². The van der Waals surface area contributed by atoms with E-state index in [1.165, 1.54) is 11.3 Å². The number of rotatable bonds is 5. The molecule has 0 radical (unpaired) electrons. The van der Waals surface area contributed by atoms with E-state index in [2.05, 4.69) is 15.5 Å². The van der Waals surface area contributed by atoms with Gasteiger partial charge in [-0.3, -0.25) is 0 Å². The zero-order valence-electron chi connectivity index (χ0n) is 10.8. The van der Waals surface area contributed by atoms with E-state index in [4.69, 9.17) is 4.74 Å². The molecule has 4 nitrogen and oxygen atoms in total. The molecule has 0 atom stereocenters. The van der Waals surface area contributed by atoms with Crippen LogP contribution in [0.2, 0.25) is 0 Å². The number of para-hydroxylation sites is 1. The first-order valence-corrected chi connectivity index (χ1v) is 6.85. The van der Waals surface area contributed by atoms with Crippen LogP contribution in [0.1, 0.15) is 20.8 Å². The topological polar surface area (TPSA) is 47.0 Å². The molecule has 0 spiro atoms. The van der Waals surface area contributed by atoms with Crippen LogP contribution in [0.25, 0.3) is 10.6 Å². The fraction of sp³-hybridized carbons (Fsp3) is 0.385. The number of aromatic nitrogens is 2. The Bertz CT molecular complexity index is 510. The van der Waals surface area contributed by atoms with Gasteiger partial charge in [-0.25, -0.2) is 0 Å². The zero-order chi connectivity index (χ0) is 13.0. The molecule has 0 amide bonds. The van der Waals surface area contributed by atoms with Gasteiger partial charge in [0, 0.05) is 6.54 Å². The van der Waals surface area contributed by atoms with Crippen molar-refractivity contribution in [1.82, 2.24) is 10.2 Å². The highest BCUT2D eigenvalue weighted by molar-refractivity contribution is 7.18. The Hall–Kier alpha value is -1.62. The largest absolute Gasteiger partial charge is 0.490 e. The van der Waals surface area contributed by atoms with Gasteiger partial charge in [0.15, 0.2) is 5.01 Å². The van der Waals surface area contributed by atoms with Gasteiger partial charge >= 0.3 is 0 Å². The molecule has 0 aliphatic carbocycles. The Morgan fingerprint density at radius 1 is 1.28 bits per heavy atom. The van der Waals surface area contributed by atoms with E-state index < -0.39 is 0 Å². The van der Waals surface area contributed by atoms with E-state index in [-0.39, 0.29) is 6.10 Å². The monoisotopic (exact) mass is 263 g/mol. The molecule has 1 aromatic heterocycles. The van der Waals surface area contributed by atoms with E-state index >= 15 is 0 Å². The zero-order valence-corrected chi connectivity index (χ0v) is 11.6. The highest BCUT2D eigenvalue weighted by atomic mass is 32.1. The summed E-state index contributed by atoms with van der Waals surface area (Å²) < 4.78 is 5.79. The smallest absolute Gasteiger partial charge is 0.205 e. The molecule has 0 fully saturated rings. The number of ether oxygens (including phenoxy) is 1. The summed E-state index contributed by atoms with van der Waals surface area (Å²) in [7, 11) is 0. The van der Waals surface area contributed by atoms with Crippen LogP contribution >= 0.6 is 11.3 Å². The molecule has 0 aliphatic heterocycles. The van der Waals surface area contributed by atoms with Gasteiger partial charge < -0.3 is 10.1 Å². The maximum Gasteiger partial charge on any atom is 0.205 e. The molecule has 0 saturated carbocycles. The van der Waals surface area contributed by atoms with Crippen LogP contribution in [0.3, 0.4) is 0 Å². The molecule has 0 unspecified atom stereocenters. The minimum Gasteiger partial charge on any atom is -0.490 e. The summed E-state index contributed by atoms with van der Waals surface area (Å²) in [5.41, 5.74) is 0.993. The van der Waals surface area contributed by atoms with Crippen LogP contribution in [0.15, 0.2) is 24.3 Å². The number of hydrogen-bond donors (Lipinski definition) is 1. The van der Waals surface area contributed by atoms with Crippen molar-refractivity contribution in [3.63, 3.8) is 0 Å². The third-order valence-corrected chi connectivity index (χ3v) is 3.15. The molecular formula is C13H17N3OS. The number of anilines is 1. The van der Waals surface area contributed by atoms with Crippen LogP contribution < -0.4 is 10.1 Å². The van der Waals surface area contributed by atoms with E-state index in [1.54, 1.807) is 0 Å². The normalized spacial score (nSPS) is 10.7. The van der Waals surface area contributed by atoms with Crippen molar-refractivity contribution < 1.29 is 4.74 Å². The first kappa shape index (κ1) is 12.8. The summed E-state index contributed by atoms with van der Waals surface area (Å²) in [4.78, 5) is 0. The molecule has 0 saturated heterocycles. The lowest BCUT2D eigenvalue weighted by atomic mass is 10.2. The molecule has 96 valence electrons. The average molecular weight is 263 g/mol. The van der Waals surface area contributed by atoms with Crippen molar-refractivity contribution >= 4 is 16.5 Å². The van der Waals surface area contributed by atoms with Crippen molar-refractivity contribution in [3.05, 3.63) is 24.3 Å². The summed E-state index contributed by atoms with van der Waals surface area (Å²) >= 11 is 1.54. The fourth-order valence-electron chi connectivity index (χ4n) is 1.55. The average Bonchev–Trinajstić information content (AvgIpc) is 2.78. The number of nitrogens with one attached hydrogen (secondary N) is 1. The quantitative estimate of drug-likeness (QED) is 0.898. The van der Waals surface area contributed by atoms with Crippen LogP contribution in [0.5, 0.6) is 5.75 Å². The number of hydrogen-bond acceptors (Lipinski definition) is 5. The minimum atomic E-state index is 0.146. The summed E-state index contributed by atoms with van der Waals surface area (Å²) in [5.74, 6) is 0.853. The van der Waals surface area contributed by atoms with Gasteiger partial charge in [-0.1, -0.05) is 23.5 Å². The third-order valence-electron chi connectivity index (χ3n) is 2.23. The molecular weight excluding hydrogens is 246 g/mol. The first-order chi connectivity index (χ1) is 8.70. The summed E-state index contributed by atoms with van der Waals surface area (Å²) in [6.07, 6.45) is 0.146. The van der Waals surface area contributed by atoms with Crippen molar-refractivity contribution in [1.29, 1.82) is 0 Å². The maximum atomic E-state index is 5.79. The predicted octanol–water partition coefficient (Wildman–Crippen LogP) is 3.42. The lowest BCUT2D eigenvalue weighted by Crippen LogP contribution is -2.06. The second kappa shape index (κ2) is 5.82. The van der Waals surface area contributed by atoms with Crippen LogP contribution in [0, 0.1) is 0 Å². The molecule has 2 aromatic rings. The van der Waals surface area contributed by atoms with Gasteiger partial charge in [0.1, 0.15) is 5.75 Å². The highest BCUT2D eigenvalue weighted by Crippen LogP contribution is 2.33. The van der Waals surface area contributed by atoms with Crippen molar-refractivity contribution in [2.45, 2.75) is 26.9 Å². The highest BCUT2D eigenvalue weighted by Gasteiger charge is 2.12. The molecule has 18 heavy (non-hydrogen) atoms. The second-order valence-corrected chi connectivity index (χ2v) is 5.08. The van der Waals surface area contributed by atoms with Crippen LogP contribution in [0.4, 0.5) is 5.13 Å². The number of benzene rings is 1. The minimum absolute atomic E-state index is 0.146. The maximum absolute atomic E-state index is 5.79. The molecule has 1 heterocycles. The Balaban J connectivity index is 2.30. The molecule has 5 heteroatoms. The van der Waals surface area contributed by atoms with Gasteiger partial charge in [-0.15, -0.1) is 10.2 Å². The SMILES string of the molecule is CCNc1nnc(-c2ccccc2OC(C)C)s1. The van der Waals surface area contributed by atoms with Gasteiger partial charge in [0.2, 0.25) is 5.13 Å². The van der Waals surface area contributed by atoms with Gasteiger partial charge in [-0.05, 0) is 32.9 Å². The van der Waals surface area contributed by atoms with Crippen LogP contribution in [-0.2, 0) is 0 Å². The molecule has 0 bridgehead atoms. The molecule has 2 rings (SSSR count). The van der Waals surface area contributed by atoms with Crippen LogP contribution in [-0.4, -0.2) is 22.8 Å². The Morgan fingerprint density at radius 2 is 2.06 bits per heavy atom. The standard InChI is InChI=1S/C13H17N3OS/c1-4-14-13-16-15-12(18-13)10-7-5-6-8-11(10)17-9(2)3/h5-9H,4H2,1-3H3,(H,14,16). The molecule has 0 aliphatic rings. The summed E-state index contributed by atoms with van der Waals surface area (Å²) in [6, 6.07) is 7.92. The number of nitrogens with zero attached hydrogens (tertiary/aromatic N) is 2. The lowest BCUT2D eigenvalue weighted by molar-refractivity contribution is 0.243. The molecule has 1 N–H and O–H groups in total. The van der Waals surface area contributed by atoms with E-state index in [0.29, 0.717) is 0 Å². The van der Waals surface area contributed by atoms with Gasteiger partial charge in [-0.2, -0.15) is 0 Å². The van der Waals surface area contributed by atoms with Gasteiger partial charge in [0.25, 0.3) is 0 Å².